The van der Waals surface area contributed by atoms with Crippen LogP contribution in [0.1, 0.15) is 44.1 Å². The Morgan fingerprint density at radius 3 is 2.14 bits per heavy atom. The smallest absolute Gasteiger partial charge is 0.315 e. The molecule has 44 heavy (non-hydrogen) atoms. The third-order valence-electron chi connectivity index (χ3n) is 8.50. The highest BCUT2D eigenvalue weighted by atomic mass is 16.5. The summed E-state index contributed by atoms with van der Waals surface area (Å²) in [5.41, 5.74) is 1.09. The van der Waals surface area contributed by atoms with Gasteiger partial charge in [-0.25, -0.2) is 4.79 Å². The Morgan fingerprint density at radius 2 is 1.43 bits per heavy atom. The van der Waals surface area contributed by atoms with Crippen LogP contribution in [0.2, 0.25) is 0 Å². The molecule has 10 heteroatoms. The lowest BCUT2D eigenvalue weighted by molar-refractivity contribution is -0.126. The van der Waals surface area contributed by atoms with Gasteiger partial charge >= 0.3 is 6.03 Å². The molecular weight excluding hydrogens is 560 g/mol. The number of carbonyl (C=O) groups excluding carboxylic acids is 3. The first-order valence-electron chi connectivity index (χ1n) is 15.8. The minimum absolute atomic E-state index is 0.0227. The third kappa shape index (κ3) is 8.90. The van der Waals surface area contributed by atoms with Crippen LogP contribution < -0.4 is 21.3 Å². The lowest BCUT2D eigenvalue weighted by Crippen LogP contribution is -2.33. The van der Waals surface area contributed by atoms with Crippen LogP contribution in [0.15, 0.2) is 54.6 Å². The van der Waals surface area contributed by atoms with Crippen molar-refractivity contribution in [3.63, 3.8) is 0 Å². The summed E-state index contributed by atoms with van der Waals surface area (Å²) in [7, 11) is 0. The van der Waals surface area contributed by atoms with Crippen molar-refractivity contribution < 1.29 is 28.6 Å². The second kappa shape index (κ2) is 16.4. The normalized spacial score (nSPS) is 19.1. The molecule has 0 unspecified atom stereocenters. The van der Waals surface area contributed by atoms with Gasteiger partial charge in [-0.1, -0.05) is 55.0 Å². The second-order valence-corrected chi connectivity index (χ2v) is 11.5. The summed E-state index contributed by atoms with van der Waals surface area (Å²) in [6, 6.07) is 19.1. The minimum Gasteiger partial charge on any atom is -0.377 e. The number of hydrogen-bond acceptors (Lipinski definition) is 6. The van der Waals surface area contributed by atoms with Gasteiger partial charge < -0.3 is 35.5 Å². The molecule has 0 spiro atoms. The van der Waals surface area contributed by atoms with Gasteiger partial charge in [0.1, 0.15) is 6.61 Å². The standard InChI is InChI=1S/C34H44N4O6/c39-31(12-6-3-7-24-13-14-30-33(24)38-34(41)37-30)35-15-17-42-19-20-43-18-16-36-32(40)23-44-22-29-27-10-4-1-8-25(27)21-26-9-2-5-11-28(26)29/h1-2,4-5,8-11,21,24,30,33H,3,6-7,12-20,22-23H2,(H,35,39)(H,36,40)(H2,37,38,41)/t24-,30+,33-/m1/s1. The summed E-state index contributed by atoms with van der Waals surface area (Å²) in [4.78, 5) is 35.8. The van der Waals surface area contributed by atoms with E-state index < -0.39 is 0 Å². The van der Waals surface area contributed by atoms with Crippen LogP contribution in [-0.2, 0) is 30.4 Å². The number of rotatable bonds is 18. The van der Waals surface area contributed by atoms with Crippen molar-refractivity contribution in [1.82, 2.24) is 21.3 Å². The summed E-state index contributed by atoms with van der Waals surface area (Å²) in [5, 5.41) is 16.3. The first kappa shape index (κ1) is 31.7. The number of urea groups is 1. The molecule has 0 radical (unpaired) electrons. The topological polar surface area (TPSA) is 127 Å². The van der Waals surface area contributed by atoms with E-state index in [1.165, 1.54) is 0 Å². The largest absolute Gasteiger partial charge is 0.377 e. The van der Waals surface area contributed by atoms with Crippen molar-refractivity contribution in [3.05, 3.63) is 60.2 Å². The fourth-order valence-corrected chi connectivity index (χ4v) is 6.34. The minimum atomic E-state index is -0.183. The lowest BCUT2D eigenvalue weighted by Gasteiger charge is -2.17. The molecular formula is C34H44N4O6. The summed E-state index contributed by atoms with van der Waals surface area (Å²) >= 11 is 0. The Kier molecular flexibility index (Phi) is 11.8. The maximum absolute atomic E-state index is 12.2. The third-order valence-corrected chi connectivity index (χ3v) is 8.50. The molecule has 3 atom stereocenters. The predicted octanol–water partition coefficient (Wildman–Crippen LogP) is 3.80. The maximum atomic E-state index is 12.2. The molecule has 4 amide bonds. The van der Waals surface area contributed by atoms with Crippen LogP contribution in [-0.4, -0.2) is 76.1 Å². The maximum Gasteiger partial charge on any atom is 0.315 e. The highest BCUT2D eigenvalue weighted by Gasteiger charge is 2.41. The molecule has 236 valence electrons. The van der Waals surface area contributed by atoms with E-state index in [1.807, 2.05) is 24.3 Å². The number of carbonyl (C=O) groups is 3. The highest BCUT2D eigenvalue weighted by Crippen LogP contribution is 2.32. The van der Waals surface area contributed by atoms with Gasteiger partial charge in [0.05, 0.1) is 45.1 Å². The van der Waals surface area contributed by atoms with Gasteiger partial charge in [-0.2, -0.15) is 0 Å². The molecule has 1 saturated heterocycles. The van der Waals surface area contributed by atoms with Crippen LogP contribution in [0.25, 0.3) is 21.5 Å². The van der Waals surface area contributed by atoms with E-state index in [-0.39, 0.29) is 36.5 Å². The number of unbranched alkanes of at least 4 members (excludes halogenated alkanes) is 1. The van der Waals surface area contributed by atoms with Crippen molar-refractivity contribution in [2.45, 2.75) is 57.2 Å². The summed E-state index contributed by atoms with van der Waals surface area (Å²) < 4.78 is 16.8. The average molecular weight is 605 g/mol. The second-order valence-electron chi connectivity index (χ2n) is 11.5. The Balaban J connectivity index is 0.839. The molecule has 4 N–H and O–H groups in total. The van der Waals surface area contributed by atoms with Crippen LogP contribution >= 0.6 is 0 Å². The molecule has 1 heterocycles. The number of amides is 4. The molecule has 1 aliphatic carbocycles. The van der Waals surface area contributed by atoms with Crippen molar-refractivity contribution in [3.8, 4) is 0 Å². The molecule has 1 aliphatic heterocycles. The first-order chi connectivity index (χ1) is 21.6. The van der Waals surface area contributed by atoms with E-state index in [4.69, 9.17) is 14.2 Å². The van der Waals surface area contributed by atoms with E-state index in [9.17, 15) is 14.4 Å². The van der Waals surface area contributed by atoms with Gasteiger partial charge in [0.2, 0.25) is 11.8 Å². The molecule has 0 bridgehead atoms. The lowest BCUT2D eigenvalue weighted by atomic mass is 9.96. The Bertz CT molecular complexity index is 1360. The first-order valence-corrected chi connectivity index (χ1v) is 15.8. The van der Waals surface area contributed by atoms with E-state index in [1.54, 1.807) is 0 Å². The fraction of sp³-hybridized carbons (Fsp3) is 0.500. The van der Waals surface area contributed by atoms with E-state index in [0.29, 0.717) is 58.5 Å². The number of benzene rings is 3. The van der Waals surface area contributed by atoms with E-state index in [2.05, 4.69) is 51.6 Å². The zero-order valence-corrected chi connectivity index (χ0v) is 25.3. The fourth-order valence-electron chi connectivity index (χ4n) is 6.34. The summed E-state index contributed by atoms with van der Waals surface area (Å²) in [6.45, 7) is 2.82. The van der Waals surface area contributed by atoms with Gasteiger partial charge in [0, 0.05) is 19.5 Å². The van der Waals surface area contributed by atoms with Crippen LogP contribution in [0.4, 0.5) is 4.79 Å². The zero-order valence-electron chi connectivity index (χ0n) is 25.3. The molecule has 3 aromatic rings. The van der Waals surface area contributed by atoms with Gasteiger partial charge in [0.25, 0.3) is 0 Å². The highest BCUT2D eigenvalue weighted by molar-refractivity contribution is 6.02. The van der Waals surface area contributed by atoms with Gasteiger partial charge in [-0.3, -0.25) is 9.59 Å². The average Bonchev–Trinajstić information content (AvgIpc) is 3.58. The summed E-state index contributed by atoms with van der Waals surface area (Å²) in [5.74, 6) is 0.364. The molecule has 0 aromatic heterocycles. The predicted molar refractivity (Wildman–Crippen MR) is 169 cm³/mol. The quantitative estimate of drug-likeness (QED) is 0.129. The summed E-state index contributed by atoms with van der Waals surface area (Å²) in [6.07, 6.45) is 5.55. The van der Waals surface area contributed by atoms with Crippen molar-refractivity contribution in [2.75, 3.05) is 46.1 Å². The SMILES string of the molecule is O=C(CCCC[C@@H]1CC[C@@H]2NC(=O)N[C@H]12)NCCOCCOCCNC(=O)COCc1c2ccccc2cc2ccccc12. The van der Waals surface area contributed by atoms with Gasteiger partial charge in [-0.15, -0.1) is 0 Å². The Morgan fingerprint density at radius 1 is 0.773 bits per heavy atom. The van der Waals surface area contributed by atoms with Crippen LogP contribution in [0, 0.1) is 5.92 Å². The molecule has 3 aromatic carbocycles. The number of ether oxygens (including phenoxy) is 3. The molecule has 2 fully saturated rings. The number of nitrogens with one attached hydrogen (secondary N) is 4. The van der Waals surface area contributed by atoms with Crippen LogP contribution in [0.3, 0.4) is 0 Å². The van der Waals surface area contributed by atoms with E-state index in [0.717, 1.165) is 59.2 Å². The number of fused-ring (bicyclic) bond motifs is 3. The van der Waals surface area contributed by atoms with Crippen molar-refractivity contribution >= 4 is 39.4 Å². The van der Waals surface area contributed by atoms with Gasteiger partial charge in [0.15, 0.2) is 0 Å². The Hall–Kier alpha value is -3.73. The number of hydrogen-bond donors (Lipinski definition) is 4. The monoisotopic (exact) mass is 604 g/mol. The Labute approximate surface area is 258 Å². The zero-order chi connectivity index (χ0) is 30.6. The van der Waals surface area contributed by atoms with Crippen LogP contribution in [0.5, 0.6) is 0 Å². The van der Waals surface area contributed by atoms with Crippen molar-refractivity contribution in [1.29, 1.82) is 0 Å². The molecule has 5 rings (SSSR count). The molecule has 1 saturated carbocycles. The molecule has 10 nitrogen and oxygen atoms in total. The van der Waals surface area contributed by atoms with Crippen molar-refractivity contribution in [2.24, 2.45) is 5.92 Å². The van der Waals surface area contributed by atoms with Gasteiger partial charge in [-0.05, 0) is 64.8 Å². The van der Waals surface area contributed by atoms with E-state index >= 15 is 0 Å². The molecule has 2 aliphatic rings.